The second kappa shape index (κ2) is 7.25. The van der Waals surface area contributed by atoms with Gasteiger partial charge < -0.3 is 19.5 Å². The fraction of sp³-hybridized carbons (Fsp3) is 0.500. The first kappa shape index (κ1) is 16.2. The van der Waals surface area contributed by atoms with Crippen molar-refractivity contribution in [3.05, 3.63) is 40.1 Å². The van der Waals surface area contributed by atoms with Crippen LogP contribution in [0.4, 0.5) is 0 Å². The fourth-order valence-electron chi connectivity index (χ4n) is 2.68. The maximum Gasteiger partial charge on any atom is 0.227 e. The maximum absolute atomic E-state index is 12.4. The number of rotatable bonds is 5. The quantitative estimate of drug-likeness (QED) is 0.904. The van der Waals surface area contributed by atoms with Crippen molar-refractivity contribution in [3.8, 4) is 0 Å². The van der Waals surface area contributed by atoms with Crippen LogP contribution in [0.15, 0.2) is 23.0 Å². The van der Waals surface area contributed by atoms with Crippen molar-refractivity contribution in [2.75, 3.05) is 33.8 Å². The Hall–Kier alpha value is -1.70. The van der Waals surface area contributed by atoms with Gasteiger partial charge >= 0.3 is 0 Å². The molecule has 0 radical (unpaired) electrons. The summed E-state index contributed by atoms with van der Waals surface area (Å²) >= 11 is 1.62. The molecule has 0 spiro atoms. The van der Waals surface area contributed by atoms with Crippen LogP contribution in [-0.4, -0.2) is 59.5 Å². The highest BCUT2D eigenvalue weighted by Crippen LogP contribution is 2.21. The van der Waals surface area contributed by atoms with E-state index in [1.807, 2.05) is 42.0 Å². The van der Waals surface area contributed by atoms with Gasteiger partial charge in [-0.05, 0) is 36.5 Å². The largest absolute Gasteiger partial charge is 0.367 e. The molecule has 1 N–H and O–H groups in total. The third-order valence-electron chi connectivity index (χ3n) is 3.79. The zero-order valence-electron chi connectivity index (χ0n) is 13.5. The van der Waals surface area contributed by atoms with Gasteiger partial charge in [-0.2, -0.15) is 11.3 Å². The Kier molecular flexibility index (Phi) is 5.09. The second-order valence-corrected chi connectivity index (χ2v) is 6.82. The minimum atomic E-state index is -0.175. The van der Waals surface area contributed by atoms with Crippen molar-refractivity contribution in [1.82, 2.24) is 19.8 Å². The zero-order chi connectivity index (χ0) is 16.2. The van der Waals surface area contributed by atoms with Gasteiger partial charge in [0.2, 0.25) is 5.91 Å². The SMILES string of the molecule is CN(C)Cc1cnc(C2CN(C(=O)Cc3ccsc3)CCO2)[nH]1. The second-order valence-electron chi connectivity index (χ2n) is 6.04. The summed E-state index contributed by atoms with van der Waals surface area (Å²) in [7, 11) is 4.03. The van der Waals surface area contributed by atoms with E-state index in [9.17, 15) is 4.79 Å². The van der Waals surface area contributed by atoms with Crippen LogP contribution >= 0.6 is 11.3 Å². The zero-order valence-corrected chi connectivity index (χ0v) is 14.3. The van der Waals surface area contributed by atoms with Crippen molar-refractivity contribution >= 4 is 17.2 Å². The van der Waals surface area contributed by atoms with Crippen molar-refractivity contribution in [1.29, 1.82) is 0 Å². The molecule has 0 saturated carbocycles. The Morgan fingerprint density at radius 3 is 3.17 bits per heavy atom. The first-order valence-corrected chi connectivity index (χ1v) is 8.65. The van der Waals surface area contributed by atoms with E-state index < -0.39 is 0 Å². The molecule has 6 nitrogen and oxygen atoms in total. The molecule has 7 heteroatoms. The number of morpholine rings is 1. The number of aromatic amines is 1. The van der Waals surface area contributed by atoms with Gasteiger partial charge in [0, 0.05) is 25.0 Å². The van der Waals surface area contributed by atoms with E-state index in [1.165, 1.54) is 0 Å². The molecule has 1 atom stereocenters. The molecule has 0 aromatic carbocycles. The van der Waals surface area contributed by atoms with E-state index in [4.69, 9.17) is 4.74 Å². The van der Waals surface area contributed by atoms with E-state index in [-0.39, 0.29) is 12.0 Å². The third-order valence-corrected chi connectivity index (χ3v) is 4.53. The number of imidazole rings is 1. The molecule has 2 aromatic heterocycles. The number of carbonyl (C=O) groups excluding carboxylic acids is 1. The summed E-state index contributed by atoms with van der Waals surface area (Å²) in [4.78, 5) is 24.1. The first-order chi connectivity index (χ1) is 11.1. The Morgan fingerprint density at radius 1 is 1.57 bits per heavy atom. The highest BCUT2D eigenvalue weighted by molar-refractivity contribution is 7.07. The van der Waals surface area contributed by atoms with Crippen LogP contribution in [0.1, 0.15) is 23.2 Å². The minimum absolute atomic E-state index is 0.150. The van der Waals surface area contributed by atoms with Gasteiger partial charge in [0.15, 0.2) is 0 Å². The molecule has 1 fully saturated rings. The van der Waals surface area contributed by atoms with Crippen LogP contribution in [0, 0.1) is 0 Å². The van der Waals surface area contributed by atoms with Crippen LogP contribution in [-0.2, 0) is 22.5 Å². The molecule has 23 heavy (non-hydrogen) atoms. The number of carbonyl (C=O) groups is 1. The van der Waals surface area contributed by atoms with Crippen molar-refractivity contribution in [3.63, 3.8) is 0 Å². The van der Waals surface area contributed by atoms with Crippen molar-refractivity contribution < 1.29 is 9.53 Å². The van der Waals surface area contributed by atoms with Gasteiger partial charge in [0.05, 0.1) is 19.6 Å². The van der Waals surface area contributed by atoms with Gasteiger partial charge in [0.25, 0.3) is 0 Å². The lowest BCUT2D eigenvalue weighted by Gasteiger charge is -2.32. The molecule has 124 valence electrons. The minimum Gasteiger partial charge on any atom is -0.367 e. The average molecular weight is 334 g/mol. The fourth-order valence-corrected chi connectivity index (χ4v) is 3.35. The summed E-state index contributed by atoms with van der Waals surface area (Å²) in [5.41, 5.74) is 2.13. The van der Waals surface area contributed by atoms with E-state index in [1.54, 1.807) is 11.3 Å². The number of amides is 1. The van der Waals surface area contributed by atoms with Crippen molar-refractivity contribution in [2.45, 2.75) is 19.1 Å². The lowest BCUT2D eigenvalue weighted by atomic mass is 10.2. The van der Waals surface area contributed by atoms with Gasteiger partial charge in [-0.3, -0.25) is 4.79 Å². The molecule has 0 bridgehead atoms. The molecule has 2 aromatic rings. The first-order valence-electron chi connectivity index (χ1n) is 7.71. The number of ether oxygens (including phenoxy) is 1. The number of thiophene rings is 1. The standard InChI is InChI=1S/C16H22N4O2S/c1-19(2)9-13-8-17-16(18-13)14-10-20(4-5-22-14)15(21)7-12-3-6-23-11-12/h3,6,8,11,14H,4-5,7,9-10H2,1-2H3,(H,17,18). The number of nitrogens with one attached hydrogen (secondary N) is 1. The lowest BCUT2D eigenvalue weighted by Crippen LogP contribution is -2.43. The van der Waals surface area contributed by atoms with E-state index in [0.717, 1.165) is 23.6 Å². The maximum atomic E-state index is 12.4. The summed E-state index contributed by atoms with van der Waals surface area (Å²) in [6, 6.07) is 2.00. The normalized spacial score (nSPS) is 18.6. The van der Waals surface area contributed by atoms with Crippen molar-refractivity contribution in [2.24, 2.45) is 0 Å². The van der Waals surface area contributed by atoms with Crippen LogP contribution in [0.25, 0.3) is 0 Å². The molecular weight excluding hydrogens is 312 g/mol. The predicted molar refractivity (Wildman–Crippen MR) is 89.3 cm³/mol. The molecule has 0 aliphatic carbocycles. The summed E-state index contributed by atoms with van der Waals surface area (Å²) in [5, 5.41) is 4.02. The summed E-state index contributed by atoms with van der Waals surface area (Å²) in [6.45, 7) is 2.55. The molecule has 1 saturated heterocycles. The average Bonchev–Trinajstić information content (AvgIpc) is 3.18. The summed E-state index contributed by atoms with van der Waals surface area (Å²) < 4.78 is 5.80. The van der Waals surface area contributed by atoms with Gasteiger partial charge in [-0.25, -0.2) is 4.98 Å². The molecule has 1 amide bonds. The monoisotopic (exact) mass is 334 g/mol. The summed E-state index contributed by atoms with van der Waals surface area (Å²) in [6.07, 6.45) is 2.12. The molecule has 3 heterocycles. The molecule has 1 aliphatic rings. The van der Waals surface area contributed by atoms with Crippen LogP contribution in [0.3, 0.4) is 0 Å². The highest BCUT2D eigenvalue weighted by Gasteiger charge is 2.27. The van der Waals surface area contributed by atoms with Gasteiger partial charge in [-0.15, -0.1) is 0 Å². The Bertz CT molecular complexity index is 638. The number of hydrogen-bond acceptors (Lipinski definition) is 5. The van der Waals surface area contributed by atoms with Gasteiger partial charge in [0.1, 0.15) is 11.9 Å². The molecule has 3 rings (SSSR count). The van der Waals surface area contributed by atoms with Crippen LogP contribution in [0.2, 0.25) is 0 Å². The Balaban J connectivity index is 1.61. The molecule has 1 unspecified atom stereocenters. The van der Waals surface area contributed by atoms with E-state index >= 15 is 0 Å². The Labute approximate surface area is 140 Å². The topological polar surface area (TPSA) is 61.5 Å². The number of hydrogen-bond donors (Lipinski definition) is 1. The smallest absolute Gasteiger partial charge is 0.227 e. The van der Waals surface area contributed by atoms with Crippen LogP contribution < -0.4 is 0 Å². The number of nitrogens with zero attached hydrogens (tertiary/aromatic N) is 3. The molecular formula is C16H22N4O2S. The van der Waals surface area contributed by atoms with Crippen LogP contribution in [0.5, 0.6) is 0 Å². The van der Waals surface area contributed by atoms with Gasteiger partial charge in [-0.1, -0.05) is 0 Å². The highest BCUT2D eigenvalue weighted by atomic mass is 32.1. The van der Waals surface area contributed by atoms with E-state index in [0.29, 0.717) is 26.1 Å². The lowest BCUT2D eigenvalue weighted by molar-refractivity contribution is -0.138. The molecule has 1 aliphatic heterocycles. The number of aromatic nitrogens is 2. The Morgan fingerprint density at radius 2 is 2.43 bits per heavy atom. The summed E-state index contributed by atoms with van der Waals surface area (Å²) in [5.74, 6) is 0.951. The van der Waals surface area contributed by atoms with E-state index in [2.05, 4.69) is 14.9 Å². The third kappa shape index (κ3) is 4.19. The predicted octanol–water partition coefficient (Wildman–Crippen LogP) is 1.68. The number of H-pyrrole nitrogens is 1.